The first-order valence-electron chi connectivity index (χ1n) is 5.41. The number of aliphatic hydroxyl groups excluding tert-OH is 1. The summed E-state index contributed by atoms with van der Waals surface area (Å²) in [5.41, 5.74) is 0. The molecule has 0 radical (unpaired) electrons. The number of aliphatic hydroxyl groups is 1. The molecule has 2 rings (SSSR count). The normalized spacial score (nSPS) is 26.8. The first-order valence-corrected chi connectivity index (χ1v) is 7.02. The maximum Gasteiger partial charge on any atom is 0.0701 e. The van der Waals surface area contributed by atoms with Gasteiger partial charge in [-0.1, -0.05) is 12.8 Å². The minimum Gasteiger partial charge on any atom is -0.392 e. The molecule has 0 aromatic carbocycles. The van der Waals surface area contributed by atoms with E-state index in [-0.39, 0.29) is 6.10 Å². The van der Waals surface area contributed by atoms with Gasteiger partial charge in [0.25, 0.3) is 0 Å². The van der Waals surface area contributed by atoms with E-state index in [1.54, 1.807) is 11.3 Å². The van der Waals surface area contributed by atoms with Crippen molar-refractivity contribution in [3.05, 3.63) is 20.8 Å². The molecule has 2 atom stereocenters. The molecule has 1 aromatic heterocycles. The van der Waals surface area contributed by atoms with Crippen LogP contribution >= 0.6 is 27.3 Å². The van der Waals surface area contributed by atoms with Crippen LogP contribution in [0.3, 0.4) is 0 Å². The van der Waals surface area contributed by atoms with E-state index in [9.17, 15) is 5.11 Å². The Bertz CT molecular complexity index is 315. The minimum absolute atomic E-state index is 0.151. The molecule has 2 nitrogen and oxygen atoms in total. The van der Waals surface area contributed by atoms with Gasteiger partial charge in [0.2, 0.25) is 0 Å². The summed E-state index contributed by atoms with van der Waals surface area (Å²) in [4.78, 5) is 1.32. The molecule has 1 fully saturated rings. The lowest BCUT2D eigenvalue weighted by Crippen LogP contribution is -2.41. The highest BCUT2D eigenvalue weighted by molar-refractivity contribution is 9.11. The molecule has 0 saturated heterocycles. The number of halogens is 1. The van der Waals surface area contributed by atoms with Gasteiger partial charge in [0, 0.05) is 17.5 Å². The zero-order valence-corrected chi connectivity index (χ0v) is 11.0. The Morgan fingerprint density at radius 3 is 2.87 bits per heavy atom. The lowest BCUT2D eigenvalue weighted by molar-refractivity contribution is 0.0904. The Balaban J connectivity index is 1.81. The van der Waals surface area contributed by atoms with E-state index < -0.39 is 0 Å². The van der Waals surface area contributed by atoms with Crippen LogP contribution in [-0.4, -0.2) is 17.3 Å². The molecule has 1 saturated carbocycles. The van der Waals surface area contributed by atoms with Crippen LogP contribution in [0.4, 0.5) is 0 Å². The monoisotopic (exact) mass is 289 g/mol. The van der Waals surface area contributed by atoms with Crippen molar-refractivity contribution in [1.82, 2.24) is 5.32 Å². The van der Waals surface area contributed by atoms with Gasteiger partial charge in [0.1, 0.15) is 0 Å². The summed E-state index contributed by atoms with van der Waals surface area (Å²) < 4.78 is 1.17. The summed E-state index contributed by atoms with van der Waals surface area (Å²) in [6.07, 6.45) is 4.31. The van der Waals surface area contributed by atoms with Crippen molar-refractivity contribution in [2.75, 3.05) is 0 Å². The Hall–Kier alpha value is 0.1000. The SMILES string of the molecule is OC1CCCCC1NCc1ccc(Br)s1. The molecule has 84 valence electrons. The maximum atomic E-state index is 9.78. The zero-order valence-electron chi connectivity index (χ0n) is 8.58. The Labute approximate surface area is 103 Å². The molecule has 0 aliphatic heterocycles. The topological polar surface area (TPSA) is 32.3 Å². The van der Waals surface area contributed by atoms with E-state index in [2.05, 4.69) is 33.4 Å². The first-order chi connectivity index (χ1) is 7.25. The molecular weight excluding hydrogens is 274 g/mol. The van der Waals surface area contributed by atoms with E-state index in [1.807, 2.05) is 0 Å². The summed E-state index contributed by atoms with van der Waals surface area (Å²) in [7, 11) is 0. The zero-order chi connectivity index (χ0) is 10.7. The average molecular weight is 290 g/mol. The number of thiophene rings is 1. The predicted octanol–water partition coefficient (Wildman–Crippen LogP) is 2.90. The molecule has 2 unspecified atom stereocenters. The summed E-state index contributed by atoms with van der Waals surface area (Å²) in [6.45, 7) is 0.873. The summed E-state index contributed by atoms with van der Waals surface area (Å²) >= 11 is 5.20. The van der Waals surface area contributed by atoms with Gasteiger partial charge in [0.05, 0.1) is 9.89 Å². The molecular formula is C11H16BrNOS. The van der Waals surface area contributed by atoms with Crippen LogP contribution in [0.15, 0.2) is 15.9 Å². The highest BCUT2D eigenvalue weighted by Crippen LogP contribution is 2.23. The highest BCUT2D eigenvalue weighted by Gasteiger charge is 2.22. The molecule has 1 aliphatic rings. The van der Waals surface area contributed by atoms with Crippen LogP contribution < -0.4 is 5.32 Å². The van der Waals surface area contributed by atoms with Crippen LogP contribution in [0.5, 0.6) is 0 Å². The molecule has 15 heavy (non-hydrogen) atoms. The number of nitrogens with one attached hydrogen (secondary N) is 1. The second-order valence-electron chi connectivity index (χ2n) is 4.05. The van der Waals surface area contributed by atoms with Gasteiger partial charge in [-0.25, -0.2) is 0 Å². The van der Waals surface area contributed by atoms with Crippen LogP contribution in [0.25, 0.3) is 0 Å². The molecule has 1 heterocycles. The minimum atomic E-state index is -0.151. The fourth-order valence-corrected chi connectivity index (χ4v) is 3.46. The van der Waals surface area contributed by atoms with Gasteiger partial charge >= 0.3 is 0 Å². The van der Waals surface area contributed by atoms with Gasteiger partial charge < -0.3 is 10.4 Å². The lowest BCUT2D eigenvalue weighted by Gasteiger charge is -2.28. The van der Waals surface area contributed by atoms with Crippen molar-refractivity contribution in [1.29, 1.82) is 0 Å². The molecule has 0 amide bonds. The summed E-state index contributed by atoms with van der Waals surface area (Å²) in [6, 6.07) is 4.48. The third-order valence-corrected chi connectivity index (χ3v) is 4.52. The van der Waals surface area contributed by atoms with Gasteiger partial charge in [0.15, 0.2) is 0 Å². The van der Waals surface area contributed by atoms with Crippen molar-refractivity contribution in [2.24, 2.45) is 0 Å². The average Bonchev–Trinajstić information content (AvgIpc) is 2.63. The van der Waals surface area contributed by atoms with E-state index in [0.717, 1.165) is 19.4 Å². The Morgan fingerprint density at radius 1 is 1.40 bits per heavy atom. The fraction of sp³-hybridized carbons (Fsp3) is 0.636. The van der Waals surface area contributed by atoms with Crippen LogP contribution in [0.1, 0.15) is 30.6 Å². The molecule has 1 aromatic rings. The molecule has 0 spiro atoms. The molecule has 2 N–H and O–H groups in total. The summed E-state index contributed by atoms with van der Waals surface area (Å²) in [5.74, 6) is 0. The fourth-order valence-electron chi connectivity index (χ4n) is 2.03. The summed E-state index contributed by atoms with van der Waals surface area (Å²) in [5, 5.41) is 13.2. The molecule has 1 aliphatic carbocycles. The quantitative estimate of drug-likeness (QED) is 0.897. The second kappa shape index (κ2) is 5.43. The molecule has 0 bridgehead atoms. The lowest BCUT2D eigenvalue weighted by atomic mass is 9.92. The van der Waals surface area contributed by atoms with Crippen molar-refractivity contribution in [3.8, 4) is 0 Å². The van der Waals surface area contributed by atoms with Crippen LogP contribution in [-0.2, 0) is 6.54 Å². The van der Waals surface area contributed by atoms with E-state index in [0.29, 0.717) is 6.04 Å². The van der Waals surface area contributed by atoms with Gasteiger partial charge in [-0.3, -0.25) is 0 Å². The number of hydrogen-bond acceptors (Lipinski definition) is 3. The Kier molecular flexibility index (Phi) is 4.20. The predicted molar refractivity (Wildman–Crippen MR) is 67.1 cm³/mol. The van der Waals surface area contributed by atoms with Crippen molar-refractivity contribution >= 4 is 27.3 Å². The molecule has 4 heteroatoms. The second-order valence-corrected chi connectivity index (χ2v) is 6.59. The van der Waals surface area contributed by atoms with Gasteiger partial charge in [-0.2, -0.15) is 0 Å². The first kappa shape index (κ1) is 11.6. The Morgan fingerprint density at radius 2 is 2.20 bits per heavy atom. The third-order valence-electron chi connectivity index (χ3n) is 2.90. The highest BCUT2D eigenvalue weighted by atomic mass is 79.9. The van der Waals surface area contributed by atoms with Gasteiger partial charge in [-0.15, -0.1) is 11.3 Å². The van der Waals surface area contributed by atoms with Gasteiger partial charge in [-0.05, 0) is 40.9 Å². The largest absolute Gasteiger partial charge is 0.392 e. The standard InChI is InChI=1S/C11H16BrNOS/c12-11-6-5-8(15-11)7-13-9-3-1-2-4-10(9)14/h5-6,9-10,13-14H,1-4,7H2. The third kappa shape index (κ3) is 3.28. The van der Waals surface area contributed by atoms with Crippen LogP contribution in [0, 0.1) is 0 Å². The van der Waals surface area contributed by atoms with Crippen molar-refractivity contribution < 1.29 is 5.11 Å². The number of rotatable bonds is 3. The van der Waals surface area contributed by atoms with Crippen LogP contribution in [0.2, 0.25) is 0 Å². The number of hydrogen-bond donors (Lipinski definition) is 2. The van der Waals surface area contributed by atoms with E-state index >= 15 is 0 Å². The van der Waals surface area contributed by atoms with E-state index in [4.69, 9.17) is 0 Å². The smallest absolute Gasteiger partial charge is 0.0701 e. The van der Waals surface area contributed by atoms with Crippen molar-refractivity contribution in [3.63, 3.8) is 0 Å². The maximum absolute atomic E-state index is 9.78. The van der Waals surface area contributed by atoms with Crippen molar-refractivity contribution in [2.45, 2.75) is 44.4 Å². The van der Waals surface area contributed by atoms with E-state index in [1.165, 1.54) is 21.5 Å².